The van der Waals surface area contributed by atoms with E-state index >= 15 is 0 Å². The number of furan rings is 1. The molecule has 41 heavy (non-hydrogen) atoms. The summed E-state index contributed by atoms with van der Waals surface area (Å²) in [6.07, 6.45) is 1.55. The number of nitro groups is 1. The number of ether oxygens (including phenoxy) is 3. The van der Waals surface area contributed by atoms with E-state index in [4.69, 9.17) is 18.6 Å². The van der Waals surface area contributed by atoms with Gasteiger partial charge in [0.1, 0.15) is 23.0 Å². The van der Waals surface area contributed by atoms with Crippen LogP contribution in [0.25, 0.3) is 17.4 Å². The molecule has 12 heteroatoms. The third kappa shape index (κ3) is 5.16. The number of thiazole rings is 1. The van der Waals surface area contributed by atoms with Gasteiger partial charge >= 0.3 is 5.97 Å². The van der Waals surface area contributed by atoms with Gasteiger partial charge in [-0.3, -0.25) is 19.5 Å². The number of nitro benzene ring substituents is 1. The SMILES string of the molecule is CCOC(=O)C1=C(C)N=c2s/c(=C/c3ccc(-c4ccc(OC)cc4[N+](=O)[O-])o3)c(=O)n2C1c1ccc(OC)cc1. The number of hydrogen-bond donors (Lipinski definition) is 0. The molecule has 0 saturated carbocycles. The normalized spacial score (nSPS) is 14.8. The van der Waals surface area contributed by atoms with E-state index < -0.39 is 16.9 Å². The third-order valence-corrected chi connectivity index (χ3v) is 7.50. The molecule has 1 unspecified atom stereocenters. The standard InChI is InChI=1S/C29H25N3O8S/c1-5-39-28(34)25-16(2)30-29-31(26(25)17-6-8-18(37-3)9-7-17)27(33)24(41-29)15-20-11-13-23(40-20)21-12-10-19(38-4)14-22(21)32(35)36/h6-15,26H,5H2,1-4H3/b24-15+. The van der Waals surface area contributed by atoms with Crippen LogP contribution in [0.2, 0.25) is 0 Å². The van der Waals surface area contributed by atoms with Crippen LogP contribution in [0.1, 0.15) is 31.2 Å². The van der Waals surface area contributed by atoms with Crippen LogP contribution in [0.4, 0.5) is 5.69 Å². The minimum absolute atomic E-state index is 0.169. The average Bonchev–Trinajstić information content (AvgIpc) is 3.56. The van der Waals surface area contributed by atoms with Crippen LogP contribution in [0.15, 0.2) is 80.1 Å². The molecule has 0 bridgehead atoms. The van der Waals surface area contributed by atoms with Crippen molar-refractivity contribution in [2.24, 2.45) is 4.99 Å². The first kappa shape index (κ1) is 27.6. The molecule has 4 aromatic rings. The molecule has 1 aliphatic heterocycles. The maximum Gasteiger partial charge on any atom is 0.338 e. The van der Waals surface area contributed by atoms with Gasteiger partial charge in [0.15, 0.2) is 4.80 Å². The summed E-state index contributed by atoms with van der Waals surface area (Å²) in [4.78, 5) is 42.9. The van der Waals surface area contributed by atoms with Crippen molar-refractivity contribution in [1.29, 1.82) is 0 Å². The second-order valence-corrected chi connectivity index (χ2v) is 9.93. The van der Waals surface area contributed by atoms with Crippen LogP contribution < -0.4 is 24.4 Å². The number of aromatic nitrogens is 1. The summed E-state index contributed by atoms with van der Waals surface area (Å²) < 4.78 is 23.4. The van der Waals surface area contributed by atoms with Crippen molar-refractivity contribution in [2.75, 3.05) is 20.8 Å². The Labute approximate surface area is 237 Å². The van der Waals surface area contributed by atoms with Crippen LogP contribution in [0, 0.1) is 10.1 Å². The Balaban J connectivity index is 1.62. The molecule has 2 aromatic carbocycles. The maximum absolute atomic E-state index is 13.8. The molecule has 2 aromatic heterocycles. The minimum atomic E-state index is -0.771. The lowest BCUT2D eigenvalue weighted by Crippen LogP contribution is -2.39. The Morgan fingerprint density at radius 2 is 1.83 bits per heavy atom. The molecule has 3 heterocycles. The first-order chi connectivity index (χ1) is 19.7. The highest BCUT2D eigenvalue weighted by Crippen LogP contribution is 2.35. The van der Waals surface area contributed by atoms with Gasteiger partial charge in [0, 0.05) is 6.08 Å². The van der Waals surface area contributed by atoms with E-state index in [9.17, 15) is 19.7 Å². The molecular weight excluding hydrogens is 550 g/mol. The average molecular weight is 576 g/mol. The van der Waals surface area contributed by atoms with Gasteiger partial charge in [-0.25, -0.2) is 9.79 Å². The molecule has 0 fully saturated rings. The Morgan fingerprint density at radius 3 is 2.49 bits per heavy atom. The largest absolute Gasteiger partial charge is 0.497 e. The number of esters is 1. The Bertz CT molecular complexity index is 1860. The zero-order valence-electron chi connectivity index (χ0n) is 22.6. The lowest BCUT2D eigenvalue weighted by atomic mass is 9.96. The molecule has 0 aliphatic carbocycles. The summed E-state index contributed by atoms with van der Waals surface area (Å²) in [5.41, 5.74) is 1.12. The quantitative estimate of drug-likeness (QED) is 0.175. The van der Waals surface area contributed by atoms with E-state index in [1.54, 1.807) is 75.6 Å². The summed E-state index contributed by atoms with van der Waals surface area (Å²) >= 11 is 1.14. The van der Waals surface area contributed by atoms with E-state index in [1.807, 2.05) is 0 Å². The molecule has 5 rings (SSSR count). The molecular formula is C29H25N3O8S. The highest BCUT2D eigenvalue weighted by molar-refractivity contribution is 7.07. The highest BCUT2D eigenvalue weighted by Gasteiger charge is 2.33. The minimum Gasteiger partial charge on any atom is -0.497 e. The molecule has 11 nitrogen and oxygen atoms in total. The van der Waals surface area contributed by atoms with Gasteiger partial charge in [-0.05, 0) is 55.8 Å². The smallest absolute Gasteiger partial charge is 0.338 e. The number of fused-ring (bicyclic) bond motifs is 1. The topological polar surface area (TPSA) is 135 Å². The van der Waals surface area contributed by atoms with Gasteiger partial charge in [-0.15, -0.1) is 0 Å². The first-order valence-electron chi connectivity index (χ1n) is 12.5. The summed E-state index contributed by atoms with van der Waals surface area (Å²) in [5, 5.41) is 11.6. The number of hydrogen-bond acceptors (Lipinski definition) is 10. The second kappa shape index (κ2) is 11.3. The van der Waals surface area contributed by atoms with Crippen molar-refractivity contribution in [3.8, 4) is 22.8 Å². The van der Waals surface area contributed by atoms with Crippen molar-refractivity contribution in [2.45, 2.75) is 19.9 Å². The lowest BCUT2D eigenvalue weighted by molar-refractivity contribution is -0.384. The van der Waals surface area contributed by atoms with E-state index in [2.05, 4.69) is 4.99 Å². The van der Waals surface area contributed by atoms with Crippen molar-refractivity contribution in [3.05, 3.63) is 107 Å². The maximum atomic E-state index is 13.8. The fourth-order valence-corrected chi connectivity index (χ4v) is 5.62. The van der Waals surface area contributed by atoms with Gasteiger partial charge in [0.2, 0.25) is 0 Å². The van der Waals surface area contributed by atoms with Crippen LogP contribution in [0.5, 0.6) is 11.5 Å². The fraction of sp³-hybridized carbons (Fsp3) is 0.207. The monoisotopic (exact) mass is 575 g/mol. The molecule has 0 spiro atoms. The predicted molar refractivity (Wildman–Crippen MR) is 151 cm³/mol. The molecule has 0 radical (unpaired) electrons. The van der Waals surface area contributed by atoms with Crippen LogP contribution >= 0.6 is 11.3 Å². The third-order valence-electron chi connectivity index (χ3n) is 6.52. The molecule has 0 saturated heterocycles. The molecule has 1 atom stereocenters. The highest BCUT2D eigenvalue weighted by atomic mass is 32.1. The van der Waals surface area contributed by atoms with Crippen LogP contribution in [0.3, 0.4) is 0 Å². The molecule has 0 N–H and O–H groups in total. The van der Waals surface area contributed by atoms with Gasteiger partial charge in [-0.1, -0.05) is 23.5 Å². The molecule has 0 amide bonds. The van der Waals surface area contributed by atoms with E-state index in [-0.39, 0.29) is 34.8 Å². The Kier molecular flexibility index (Phi) is 7.58. The number of carbonyl (C=O) groups is 1. The summed E-state index contributed by atoms with van der Waals surface area (Å²) in [6.45, 7) is 3.59. The van der Waals surface area contributed by atoms with E-state index in [0.29, 0.717) is 37.9 Å². The number of rotatable bonds is 8. The van der Waals surface area contributed by atoms with Gasteiger partial charge < -0.3 is 18.6 Å². The number of methoxy groups -OCH3 is 2. The van der Waals surface area contributed by atoms with Crippen molar-refractivity contribution in [3.63, 3.8) is 0 Å². The molecule has 210 valence electrons. The van der Waals surface area contributed by atoms with E-state index in [1.165, 1.54) is 17.7 Å². The Morgan fingerprint density at radius 1 is 1.12 bits per heavy atom. The van der Waals surface area contributed by atoms with E-state index in [0.717, 1.165) is 11.3 Å². The zero-order chi connectivity index (χ0) is 29.3. The number of benzene rings is 2. The van der Waals surface area contributed by atoms with Crippen molar-refractivity contribution in [1.82, 2.24) is 4.57 Å². The number of nitrogens with zero attached hydrogens (tertiary/aromatic N) is 3. The summed E-state index contributed by atoms with van der Waals surface area (Å²) in [5.74, 6) is 0.996. The second-order valence-electron chi connectivity index (χ2n) is 8.92. The fourth-order valence-electron chi connectivity index (χ4n) is 4.60. The zero-order valence-corrected chi connectivity index (χ0v) is 23.4. The lowest BCUT2D eigenvalue weighted by Gasteiger charge is -2.24. The summed E-state index contributed by atoms with van der Waals surface area (Å²) in [7, 11) is 2.98. The number of carbonyl (C=O) groups excluding carboxylic acids is 1. The predicted octanol–water partition coefficient (Wildman–Crippen LogP) is 3.98. The first-order valence-corrected chi connectivity index (χ1v) is 13.3. The Hall–Kier alpha value is -4.97. The van der Waals surface area contributed by atoms with Gasteiger partial charge in [0.25, 0.3) is 11.2 Å². The van der Waals surface area contributed by atoms with Crippen LogP contribution in [-0.4, -0.2) is 36.3 Å². The van der Waals surface area contributed by atoms with Gasteiger partial charge in [0.05, 0.1) is 59.2 Å². The van der Waals surface area contributed by atoms with Gasteiger partial charge in [-0.2, -0.15) is 0 Å². The van der Waals surface area contributed by atoms with Crippen molar-refractivity contribution >= 4 is 29.1 Å². The van der Waals surface area contributed by atoms with Crippen LogP contribution in [-0.2, 0) is 9.53 Å². The van der Waals surface area contributed by atoms with Crippen molar-refractivity contribution < 1.29 is 28.3 Å². The molecule has 1 aliphatic rings. The summed E-state index contributed by atoms with van der Waals surface area (Å²) in [6, 6.07) is 14.0. The number of allylic oxidation sites excluding steroid dienone is 1.